The fraction of sp³-hybridized carbons (Fsp3) is 0.680. The summed E-state index contributed by atoms with van der Waals surface area (Å²) in [5.74, 6) is -2.41. The quantitative estimate of drug-likeness (QED) is 0.0873. The van der Waals surface area contributed by atoms with Crippen LogP contribution in [0.2, 0.25) is 0 Å². The number of oxime groups is 1. The summed E-state index contributed by atoms with van der Waals surface area (Å²) in [7, 11) is 0. The molecule has 1 aromatic heterocycles. The van der Waals surface area contributed by atoms with Crippen molar-refractivity contribution in [2.24, 2.45) is 10.6 Å². The molecular formula is C25H35N5O9S3. The number of nitrogens with one attached hydrogen (secondary N) is 1. The van der Waals surface area contributed by atoms with E-state index in [0.717, 1.165) is 11.3 Å². The highest BCUT2D eigenvalue weighted by Crippen LogP contribution is 2.45. The SMILES string of the molecule is CC1(C)OCCC(CSC2(C(=O)OCOC(=O)C(C)(C)C)CS[C@@H]3C(NC(=O)C(=NO)c4csc(N)n4)C(=O)N3C2)O1. The molecule has 3 unspecified atom stereocenters. The Morgan fingerprint density at radius 1 is 1.33 bits per heavy atom. The molecule has 14 nitrogen and oxygen atoms in total. The van der Waals surface area contributed by atoms with Crippen molar-refractivity contribution < 1.29 is 43.3 Å². The number of nitrogens with two attached hydrogens (primary N) is 1. The fourth-order valence-electron chi connectivity index (χ4n) is 4.43. The molecule has 232 valence electrons. The number of ether oxygens (including phenoxy) is 4. The molecule has 4 N–H and O–H groups in total. The van der Waals surface area contributed by atoms with Gasteiger partial charge in [-0.1, -0.05) is 5.16 Å². The van der Waals surface area contributed by atoms with Gasteiger partial charge in [-0.3, -0.25) is 19.2 Å². The highest BCUT2D eigenvalue weighted by Gasteiger charge is 2.58. The van der Waals surface area contributed by atoms with Gasteiger partial charge in [0.2, 0.25) is 12.7 Å². The Morgan fingerprint density at radius 3 is 2.69 bits per heavy atom. The summed E-state index contributed by atoms with van der Waals surface area (Å²) < 4.78 is 21.0. The summed E-state index contributed by atoms with van der Waals surface area (Å²) in [5.41, 5.74) is 4.56. The zero-order chi connectivity index (χ0) is 30.9. The molecule has 0 aliphatic carbocycles. The summed E-state index contributed by atoms with van der Waals surface area (Å²) in [5, 5.41) is 16.2. The van der Waals surface area contributed by atoms with E-state index in [0.29, 0.717) is 18.8 Å². The van der Waals surface area contributed by atoms with Crippen molar-refractivity contribution in [2.75, 3.05) is 37.2 Å². The van der Waals surface area contributed by atoms with Crippen molar-refractivity contribution in [3.63, 3.8) is 0 Å². The van der Waals surface area contributed by atoms with Gasteiger partial charge in [-0.15, -0.1) is 34.9 Å². The third-order valence-electron chi connectivity index (χ3n) is 6.67. The molecule has 17 heteroatoms. The number of thioether (sulfide) groups is 2. The first kappa shape index (κ1) is 32.3. The van der Waals surface area contributed by atoms with Gasteiger partial charge in [0.1, 0.15) is 21.9 Å². The molecular weight excluding hydrogens is 611 g/mol. The van der Waals surface area contributed by atoms with Crippen LogP contribution in [0, 0.1) is 5.41 Å². The molecule has 0 bridgehead atoms. The second-order valence-corrected chi connectivity index (χ2v) is 14.9. The highest BCUT2D eigenvalue weighted by molar-refractivity contribution is 8.05. The maximum Gasteiger partial charge on any atom is 0.327 e. The van der Waals surface area contributed by atoms with Crippen LogP contribution in [0.1, 0.15) is 46.7 Å². The Bertz CT molecular complexity index is 1250. The van der Waals surface area contributed by atoms with E-state index >= 15 is 0 Å². The molecule has 3 fully saturated rings. The lowest BCUT2D eigenvalue weighted by atomic mass is 9.98. The van der Waals surface area contributed by atoms with Crippen molar-refractivity contribution in [3.05, 3.63) is 11.1 Å². The lowest BCUT2D eigenvalue weighted by Crippen LogP contribution is -2.75. The number of fused-ring (bicyclic) bond motifs is 1. The Balaban J connectivity index is 1.43. The normalized spacial score (nSPS) is 27.5. The molecule has 42 heavy (non-hydrogen) atoms. The van der Waals surface area contributed by atoms with Crippen LogP contribution in [0.15, 0.2) is 10.5 Å². The summed E-state index contributed by atoms with van der Waals surface area (Å²) in [6, 6.07) is -0.901. The number of carbonyl (C=O) groups is 4. The highest BCUT2D eigenvalue weighted by atomic mass is 32.2. The molecule has 4 atom stereocenters. The molecule has 0 radical (unpaired) electrons. The summed E-state index contributed by atoms with van der Waals surface area (Å²) in [4.78, 5) is 57.1. The van der Waals surface area contributed by atoms with Crippen molar-refractivity contribution in [1.82, 2.24) is 15.2 Å². The van der Waals surface area contributed by atoms with Gasteiger partial charge in [-0.05, 0) is 41.0 Å². The Kier molecular flexibility index (Phi) is 9.66. The molecule has 2 amide bonds. The summed E-state index contributed by atoms with van der Waals surface area (Å²) >= 11 is 3.71. The maximum atomic E-state index is 13.5. The lowest BCUT2D eigenvalue weighted by molar-refractivity contribution is -0.267. The number of carbonyl (C=O) groups excluding carboxylic acids is 4. The van der Waals surface area contributed by atoms with Gasteiger partial charge in [0, 0.05) is 23.4 Å². The van der Waals surface area contributed by atoms with Crippen LogP contribution in [0.5, 0.6) is 0 Å². The Hall–Kier alpha value is -2.60. The van der Waals surface area contributed by atoms with Crippen LogP contribution in [0.25, 0.3) is 0 Å². The van der Waals surface area contributed by atoms with Gasteiger partial charge in [0.05, 0.1) is 18.1 Å². The summed E-state index contributed by atoms with van der Waals surface area (Å²) in [6.45, 7) is 8.68. The first-order valence-corrected chi connectivity index (χ1v) is 16.0. The van der Waals surface area contributed by atoms with Crippen LogP contribution in [0.3, 0.4) is 0 Å². The van der Waals surface area contributed by atoms with E-state index in [1.54, 1.807) is 20.8 Å². The number of rotatable bonds is 9. The van der Waals surface area contributed by atoms with Gasteiger partial charge in [0.25, 0.3) is 5.91 Å². The van der Waals surface area contributed by atoms with Crippen LogP contribution in [-0.2, 0) is 38.1 Å². The lowest BCUT2D eigenvalue weighted by Gasteiger charge is -2.54. The number of aromatic nitrogens is 1. The van der Waals surface area contributed by atoms with E-state index in [9.17, 15) is 24.4 Å². The van der Waals surface area contributed by atoms with E-state index in [1.807, 2.05) is 13.8 Å². The second-order valence-electron chi connectivity index (χ2n) is 11.5. The van der Waals surface area contributed by atoms with Crippen LogP contribution < -0.4 is 11.1 Å². The molecule has 0 saturated carbocycles. The fourth-order valence-corrected chi connectivity index (χ4v) is 8.04. The van der Waals surface area contributed by atoms with Gasteiger partial charge in [0.15, 0.2) is 16.6 Å². The average Bonchev–Trinajstić information content (AvgIpc) is 3.35. The van der Waals surface area contributed by atoms with E-state index in [2.05, 4.69) is 15.5 Å². The van der Waals surface area contributed by atoms with E-state index in [4.69, 9.17) is 24.7 Å². The molecule has 3 aliphatic heterocycles. The zero-order valence-corrected chi connectivity index (χ0v) is 26.4. The zero-order valence-electron chi connectivity index (χ0n) is 23.9. The topological polar surface area (TPSA) is 192 Å². The van der Waals surface area contributed by atoms with Crippen LogP contribution in [-0.4, -0.2) is 104 Å². The Morgan fingerprint density at radius 2 is 2.07 bits per heavy atom. The number of hydrogen-bond acceptors (Lipinski definition) is 15. The number of hydrogen-bond donors (Lipinski definition) is 3. The van der Waals surface area contributed by atoms with Crippen molar-refractivity contribution in [1.29, 1.82) is 0 Å². The first-order valence-electron chi connectivity index (χ1n) is 13.1. The van der Waals surface area contributed by atoms with Gasteiger partial charge in [-0.25, -0.2) is 4.98 Å². The Labute approximate surface area is 255 Å². The smallest absolute Gasteiger partial charge is 0.327 e. The minimum absolute atomic E-state index is 0.0166. The number of thiazole rings is 1. The third kappa shape index (κ3) is 7.12. The van der Waals surface area contributed by atoms with Gasteiger partial charge >= 0.3 is 11.9 Å². The summed E-state index contributed by atoms with van der Waals surface area (Å²) in [6.07, 6.45) is 0.441. The van der Waals surface area contributed by atoms with E-state index < -0.39 is 57.9 Å². The number of amides is 2. The number of nitrogens with zero attached hydrogens (tertiary/aromatic N) is 3. The molecule has 1 aromatic rings. The minimum Gasteiger partial charge on any atom is -0.427 e. The van der Waals surface area contributed by atoms with Crippen molar-refractivity contribution in [2.45, 2.75) is 69.1 Å². The second kappa shape index (κ2) is 12.6. The predicted octanol–water partition coefficient (Wildman–Crippen LogP) is 1.41. The number of β-lactam (4-membered cyclic amide) rings is 1. The van der Waals surface area contributed by atoms with Crippen LogP contribution >= 0.6 is 34.9 Å². The standard InChI is InChI=1S/C25H35N5O9S3/c1-23(2,3)20(33)36-12-37-21(34)25(42-8-13-6-7-38-24(4,5)39-13)10-30-18(32)16(19(30)41-11-25)28-17(31)15(29-35)14-9-40-22(26)27-14/h9,13,16,19,35H,6-8,10-12H2,1-5H3,(H2,26,27)(H,28,31)/t13?,16?,19-,25?/m1/s1. The molecule has 0 spiro atoms. The number of esters is 2. The molecule has 3 saturated heterocycles. The molecule has 3 aliphatic rings. The van der Waals surface area contributed by atoms with E-state index in [-0.39, 0.29) is 34.9 Å². The predicted molar refractivity (Wildman–Crippen MR) is 156 cm³/mol. The molecule has 0 aromatic carbocycles. The monoisotopic (exact) mass is 645 g/mol. The maximum absolute atomic E-state index is 13.5. The van der Waals surface area contributed by atoms with E-state index in [1.165, 1.54) is 33.8 Å². The first-order chi connectivity index (χ1) is 19.7. The largest absolute Gasteiger partial charge is 0.427 e. The third-order valence-corrected chi connectivity index (χ3v) is 10.6. The van der Waals surface area contributed by atoms with Gasteiger partial charge in [-0.2, -0.15) is 0 Å². The van der Waals surface area contributed by atoms with Crippen molar-refractivity contribution >= 4 is 69.5 Å². The van der Waals surface area contributed by atoms with Gasteiger partial charge < -0.3 is 40.1 Å². The number of anilines is 1. The van der Waals surface area contributed by atoms with Crippen molar-refractivity contribution in [3.8, 4) is 0 Å². The number of nitrogen functional groups attached to an aromatic ring is 1. The minimum atomic E-state index is -1.18. The van der Waals surface area contributed by atoms with Crippen LogP contribution in [0.4, 0.5) is 5.13 Å². The molecule has 4 rings (SSSR count). The molecule has 4 heterocycles. The average molecular weight is 646 g/mol.